The number of aliphatic hydroxyl groups is 1. The van der Waals surface area contributed by atoms with E-state index in [1.54, 1.807) is 39.0 Å². The van der Waals surface area contributed by atoms with Crippen LogP contribution in [0.3, 0.4) is 0 Å². The van der Waals surface area contributed by atoms with Crippen LogP contribution < -0.4 is 5.32 Å². The molecule has 5 heteroatoms. The van der Waals surface area contributed by atoms with E-state index in [4.69, 9.17) is 0 Å². The number of carbonyl (C=O) groups excluding carboxylic acids is 2. The summed E-state index contributed by atoms with van der Waals surface area (Å²) in [6.07, 6.45) is -0.216. The third-order valence-electron chi connectivity index (χ3n) is 3.30. The summed E-state index contributed by atoms with van der Waals surface area (Å²) < 4.78 is 0.754. The molecule has 1 aromatic carbocycles. The number of Topliss-reactive ketones (excluding diaryl/α,β-unsaturated/α-hetero) is 1. The summed E-state index contributed by atoms with van der Waals surface area (Å²) >= 11 is 3.31. The van der Waals surface area contributed by atoms with E-state index in [1.165, 1.54) is 0 Å². The lowest BCUT2D eigenvalue weighted by Crippen LogP contribution is -2.39. The van der Waals surface area contributed by atoms with Crippen molar-refractivity contribution < 1.29 is 14.7 Å². The SMILES string of the molecule is CC(C)(C)C(=O)CC1(O)C(=O)Nc2ccc(Br)cc21. The van der Waals surface area contributed by atoms with Crippen molar-refractivity contribution in [1.29, 1.82) is 0 Å². The van der Waals surface area contributed by atoms with Crippen LogP contribution in [0.15, 0.2) is 22.7 Å². The maximum absolute atomic E-state index is 12.1. The van der Waals surface area contributed by atoms with Crippen molar-refractivity contribution in [3.05, 3.63) is 28.2 Å². The Morgan fingerprint density at radius 1 is 1.42 bits per heavy atom. The second kappa shape index (κ2) is 4.42. The molecular formula is C14H16BrNO3. The maximum atomic E-state index is 12.1. The van der Waals surface area contributed by atoms with Gasteiger partial charge in [0, 0.05) is 27.6 Å². The number of nitrogens with one attached hydrogen (secondary N) is 1. The Balaban J connectivity index is 2.42. The molecule has 1 aliphatic rings. The van der Waals surface area contributed by atoms with Gasteiger partial charge in [-0.2, -0.15) is 0 Å². The van der Waals surface area contributed by atoms with E-state index in [0.29, 0.717) is 11.3 Å². The highest BCUT2D eigenvalue weighted by Crippen LogP contribution is 2.41. The van der Waals surface area contributed by atoms with Gasteiger partial charge in [-0.3, -0.25) is 9.59 Å². The third kappa shape index (κ3) is 2.44. The number of amides is 1. The Morgan fingerprint density at radius 3 is 2.63 bits per heavy atom. The van der Waals surface area contributed by atoms with Crippen molar-refractivity contribution >= 4 is 33.3 Å². The fraction of sp³-hybridized carbons (Fsp3) is 0.429. The van der Waals surface area contributed by atoms with Crippen LogP contribution in [0, 0.1) is 5.41 Å². The number of fused-ring (bicyclic) bond motifs is 1. The molecule has 1 atom stereocenters. The predicted molar refractivity (Wildman–Crippen MR) is 75.7 cm³/mol. The molecule has 0 aromatic heterocycles. The molecule has 1 heterocycles. The molecule has 2 rings (SSSR count). The van der Waals surface area contributed by atoms with E-state index in [-0.39, 0.29) is 12.2 Å². The smallest absolute Gasteiger partial charge is 0.261 e. The minimum Gasteiger partial charge on any atom is -0.375 e. The van der Waals surface area contributed by atoms with E-state index in [0.717, 1.165) is 4.47 Å². The number of hydrogen-bond donors (Lipinski definition) is 2. The molecule has 0 fully saturated rings. The van der Waals surface area contributed by atoms with Crippen molar-refractivity contribution in [1.82, 2.24) is 0 Å². The first-order valence-electron chi connectivity index (χ1n) is 6.02. The first-order chi connectivity index (χ1) is 8.64. The molecule has 0 spiro atoms. The normalized spacial score (nSPS) is 22.1. The van der Waals surface area contributed by atoms with E-state index in [2.05, 4.69) is 21.2 Å². The molecule has 0 saturated carbocycles. The maximum Gasteiger partial charge on any atom is 0.261 e. The van der Waals surface area contributed by atoms with E-state index >= 15 is 0 Å². The third-order valence-corrected chi connectivity index (χ3v) is 3.80. The van der Waals surface area contributed by atoms with Gasteiger partial charge in [-0.25, -0.2) is 0 Å². The van der Waals surface area contributed by atoms with Crippen LogP contribution in [-0.4, -0.2) is 16.8 Å². The summed E-state index contributed by atoms with van der Waals surface area (Å²) in [5, 5.41) is 13.2. The molecule has 1 aromatic rings. The Kier molecular flexibility index (Phi) is 3.31. The minimum absolute atomic E-state index is 0.155. The van der Waals surface area contributed by atoms with Crippen LogP contribution in [0.25, 0.3) is 0 Å². The Hall–Kier alpha value is -1.20. The summed E-state index contributed by atoms with van der Waals surface area (Å²) in [5.41, 5.74) is -1.37. The van der Waals surface area contributed by atoms with Crippen LogP contribution in [0.1, 0.15) is 32.8 Å². The summed E-state index contributed by atoms with van der Waals surface area (Å²) in [4.78, 5) is 24.1. The van der Waals surface area contributed by atoms with Crippen molar-refractivity contribution in [2.24, 2.45) is 5.41 Å². The number of rotatable bonds is 2. The average molecular weight is 326 g/mol. The van der Waals surface area contributed by atoms with Gasteiger partial charge in [-0.05, 0) is 18.2 Å². The zero-order chi connectivity index (χ0) is 14.4. The molecule has 0 saturated heterocycles. The van der Waals surface area contributed by atoms with Crippen LogP contribution in [0.4, 0.5) is 5.69 Å². The molecule has 19 heavy (non-hydrogen) atoms. The zero-order valence-electron chi connectivity index (χ0n) is 11.1. The topological polar surface area (TPSA) is 66.4 Å². The number of carbonyl (C=O) groups is 2. The highest BCUT2D eigenvalue weighted by atomic mass is 79.9. The molecule has 0 radical (unpaired) electrons. The first kappa shape index (κ1) is 14.2. The quantitative estimate of drug-likeness (QED) is 0.878. The fourth-order valence-corrected chi connectivity index (χ4v) is 2.35. The van der Waals surface area contributed by atoms with Crippen molar-refractivity contribution in [2.45, 2.75) is 32.8 Å². The Bertz CT molecular complexity index is 562. The molecule has 1 aliphatic heterocycles. The minimum atomic E-state index is -1.77. The van der Waals surface area contributed by atoms with Gasteiger partial charge in [0.1, 0.15) is 5.78 Å². The lowest BCUT2D eigenvalue weighted by molar-refractivity contribution is -0.143. The van der Waals surface area contributed by atoms with Crippen molar-refractivity contribution in [3.63, 3.8) is 0 Å². The van der Waals surface area contributed by atoms with Gasteiger partial charge in [-0.1, -0.05) is 36.7 Å². The van der Waals surface area contributed by atoms with Crippen molar-refractivity contribution in [2.75, 3.05) is 5.32 Å². The van der Waals surface area contributed by atoms with Gasteiger partial charge >= 0.3 is 0 Å². The van der Waals surface area contributed by atoms with E-state index in [9.17, 15) is 14.7 Å². The average Bonchev–Trinajstić information content (AvgIpc) is 2.51. The highest BCUT2D eigenvalue weighted by Gasteiger charge is 2.48. The van der Waals surface area contributed by atoms with E-state index in [1.807, 2.05) is 0 Å². The van der Waals surface area contributed by atoms with Gasteiger partial charge in [-0.15, -0.1) is 0 Å². The summed E-state index contributed by atoms with van der Waals surface area (Å²) in [5.74, 6) is -0.698. The lowest BCUT2D eigenvalue weighted by Gasteiger charge is -2.25. The molecular weight excluding hydrogens is 310 g/mol. The van der Waals surface area contributed by atoms with Gasteiger partial charge < -0.3 is 10.4 Å². The number of hydrogen-bond acceptors (Lipinski definition) is 3. The molecule has 4 nitrogen and oxygen atoms in total. The largest absolute Gasteiger partial charge is 0.375 e. The number of anilines is 1. The van der Waals surface area contributed by atoms with Gasteiger partial charge in [0.15, 0.2) is 5.60 Å². The second-order valence-corrected chi connectivity index (χ2v) is 6.77. The number of benzene rings is 1. The van der Waals surface area contributed by atoms with E-state index < -0.39 is 16.9 Å². The number of halogens is 1. The van der Waals surface area contributed by atoms with Gasteiger partial charge in [0.25, 0.3) is 5.91 Å². The zero-order valence-corrected chi connectivity index (χ0v) is 12.7. The van der Waals surface area contributed by atoms with Gasteiger partial charge in [0.05, 0.1) is 0 Å². The van der Waals surface area contributed by atoms with Crippen LogP contribution in [-0.2, 0) is 15.2 Å². The summed E-state index contributed by atoms with van der Waals surface area (Å²) in [6, 6.07) is 5.15. The summed E-state index contributed by atoms with van der Waals surface area (Å²) in [6.45, 7) is 5.31. The standard InChI is InChI=1S/C14H16BrNO3/c1-13(2,3)11(17)7-14(19)9-6-8(15)4-5-10(9)16-12(14)18/h4-6,19H,7H2,1-3H3,(H,16,18). The second-order valence-electron chi connectivity index (χ2n) is 5.85. The summed E-state index contributed by atoms with van der Waals surface area (Å²) in [7, 11) is 0. The van der Waals surface area contributed by atoms with Crippen LogP contribution in [0.5, 0.6) is 0 Å². The Labute approximate surface area is 120 Å². The van der Waals surface area contributed by atoms with Crippen molar-refractivity contribution in [3.8, 4) is 0 Å². The molecule has 1 amide bonds. The lowest BCUT2D eigenvalue weighted by atomic mass is 9.81. The molecule has 2 N–H and O–H groups in total. The van der Waals surface area contributed by atoms with Crippen LogP contribution in [0.2, 0.25) is 0 Å². The fourth-order valence-electron chi connectivity index (χ4n) is 1.99. The monoisotopic (exact) mass is 325 g/mol. The number of ketones is 1. The predicted octanol–water partition coefficient (Wildman–Crippen LogP) is 2.59. The Morgan fingerprint density at radius 2 is 2.05 bits per heavy atom. The van der Waals surface area contributed by atoms with Gasteiger partial charge in [0.2, 0.25) is 0 Å². The molecule has 0 bridgehead atoms. The molecule has 1 unspecified atom stereocenters. The van der Waals surface area contributed by atoms with Crippen LogP contribution >= 0.6 is 15.9 Å². The molecule has 0 aliphatic carbocycles. The highest BCUT2D eigenvalue weighted by molar-refractivity contribution is 9.10. The molecule has 102 valence electrons. The first-order valence-corrected chi connectivity index (χ1v) is 6.81.